The number of nitrogens with zero attached hydrogens (tertiary/aromatic N) is 3. The van der Waals surface area contributed by atoms with Crippen LogP contribution >= 0.6 is 11.3 Å². The second-order valence-electron chi connectivity index (χ2n) is 6.68. The molecule has 2 aromatic heterocycles. The number of rotatable bonds is 9. The number of amides is 2. The average molecular weight is 372 g/mol. The first-order valence-electron chi connectivity index (χ1n) is 8.89. The van der Waals surface area contributed by atoms with Gasteiger partial charge >= 0.3 is 0 Å². The second kappa shape index (κ2) is 8.36. The van der Waals surface area contributed by atoms with Gasteiger partial charge in [-0.25, -0.2) is 0 Å². The van der Waals surface area contributed by atoms with Crippen LogP contribution in [-0.4, -0.2) is 45.3 Å². The van der Waals surface area contributed by atoms with E-state index >= 15 is 0 Å². The fourth-order valence-electron chi connectivity index (χ4n) is 2.98. The number of carbonyl (C=O) groups excluding carboxylic acids is 2. The summed E-state index contributed by atoms with van der Waals surface area (Å²) in [5.41, 5.74) is 1.10. The van der Waals surface area contributed by atoms with Gasteiger partial charge in [0.2, 0.25) is 11.8 Å². The molecule has 2 amide bonds. The Morgan fingerprint density at radius 2 is 2.12 bits per heavy atom. The van der Waals surface area contributed by atoms with Crippen LogP contribution in [0.1, 0.15) is 23.4 Å². The smallest absolute Gasteiger partial charge is 0.242 e. The lowest BCUT2D eigenvalue weighted by atomic mass is 10.2. The molecule has 1 saturated carbocycles. The Morgan fingerprint density at radius 1 is 1.31 bits per heavy atom. The zero-order valence-electron chi connectivity index (χ0n) is 15.1. The van der Waals surface area contributed by atoms with Crippen LogP contribution in [0, 0.1) is 0 Å². The molecule has 6 heteroatoms. The molecule has 138 valence electrons. The lowest BCUT2D eigenvalue weighted by Crippen LogP contribution is -2.44. The third-order valence-electron chi connectivity index (χ3n) is 4.63. The van der Waals surface area contributed by atoms with Gasteiger partial charge in [0.1, 0.15) is 6.54 Å². The van der Waals surface area contributed by atoms with E-state index in [1.807, 2.05) is 52.4 Å². The molecule has 1 fully saturated rings. The third-order valence-corrected chi connectivity index (χ3v) is 5.50. The lowest BCUT2D eigenvalue weighted by Gasteiger charge is -2.27. The zero-order valence-corrected chi connectivity index (χ0v) is 16.0. The molecule has 0 saturated heterocycles. The number of aryl methyl sites for hydroxylation is 1. The van der Waals surface area contributed by atoms with Crippen LogP contribution in [0.4, 0.5) is 0 Å². The molecule has 1 aliphatic rings. The van der Waals surface area contributed by atoms with Crippen molar-refractivity contribution in [3.05, 3.63) is 59.1 Å². The highest BCUT2D eigenvalue weighted by atomic mass is 32.1. The van der Waals surface area contributed by atoms with E-state index in [9.17, 15) is 9.59 Å². The van der Waals surface area contributed by atoms with Gasteiger partial charge in [-0.2, -0.15) is 0 Å². The van der Waals surface area contributed by atoms with Gasteiger partial charge in [-0.1, -0.05) is 12.1 Å². The highest BCUT2D eigenvalue weighted by Gasteiger charge is 2.34. The van der Waals surface area contributed by atoms with Crippen molar-refractivity contribution in [2.24, 2.45) is 7.05 Å². The SMILES string of the molecule is C=CCN(CC(=O)N(Cc1cccn1C)C1CC1)C(=O)Cc1cccs1. The van der Waals surface area contributed by atoms with Crippen molar-refractivity contribution in [3.8, 4) is 0 Å². The molecule has 0 aromatic carbocycles. The predicted octanol–water partition coefficient (Wildman–Crippen LogP) is 2.83. The minimum Gasteiger partial charge on any atom is -0.353 e. The van der Waals surface area contributed by atoms with Gasteiger partial charge < -0.3 is 14.4 Å². The van der Waals surface area contributed by atoms with Gasteiger partial charge in [-0.15, -0.1) is 17.9 Å². The molecule has 0 bridgehead atoms. The van der Waals surface area contributed by atoms with Crippen LogP contribution in [0.15, 0.2) is 48.5 Å². The fourth-order valence-corrected chi connectivity index (χ4v) is 3.68. The van der Waals surface area contributed by atoms with Crippen molar-refractivity contribution in [2.75, 3.05) is 13.1 Å². The van der Waals surface area contributed by atoms with Crippen LogP contribution in [0.5, 0.6) is 0 Å². The van der Waals surface area contributed by atoms with E-state index in [0.29, 0.717) is 25.6 Å². The molecule has 0 N–H and O–H groups in total. The quantitative estimate of drug-likeness (QED) is 0.636. The van der Waals surface area contributed by atoms with Gasteiger partial charge in [0.05, 0.1) is 13.0 Å². The number of hydrogen-bond donors (Lipinski definition) is 0. The molecular weight excluding hydrogens is 346 g/mol. The van der Waals surface area contributed by atoms with Crippen LogP contribution in [-0.2, 0) is 29.6 Å². The molecule has 0 radical (unpaired) electrons. The van der Waals surface area contributed by atoms with E-state index < -0.39 is 0 Å². The van der Waals surface area contributed by atoms with Gasteiger partial charge in [-0.05, 0) is 36.4 Å². The van der Waals surface area contributed by atoms with Crippen LogP contribution in [0.25, 0.3) is 0 Å². The summed E-state index contributed by atoms with van der Waals surface area (Å²) in [6.45, 7) is 4.82. The summed E-state index contributed by atoms with van der Waals surface area (Å²) in [5.74, 6) is -0.0228. The molecule has 0 spiro atoms. The molecule has 5 nitrogen and oxygen atoms in total. The van der Waals surface area contributed by atoms with Crippen molar-refractivity contribution in [3.63, 3.8) is 0 Å². The molecule has 0 unspecified atom stereocenters. The summed E-state index contributed by atoms with van der Waals surface area (Å²) in [4.78, 5) is 30.1. The van der Waals surface area contributed by atoms with Crippen LogP contribution in [0.2, 0.25) is 0 Å². The Bertz CT molecular complexity index is 762. The van der Waals surface area contributed by atoms with E-state index in [2.05, 4.69) is 6.58 Å². The summed E-state index contributed by atoms with van der Waals surface area (Å²) in [6, 6.07) is 8.20. The average Bonchev–Trinajstić information content (AvgIpc) is 3.17. The molecule has 2 heterocycles. The second-order valence-corrected chi connectivity index (χ2v) is 7.71. The van der Waals surface area contributed by atoms with E-state index in [1.165, 1.54) is 0 Å². The first-order valence-corrected chi connectivity index (χ1v) is 9.77. The maximum atomic E-state index is 12.9. The first-order chi connectivity index (χ1) is 12.6. The standard InChI is InChI=1S/C20H25N3O2S/c1-3-10-22(19(24)13-18-7-5-12-26-18)15-20(25)23(16-8-9-16)14-17-6-4-11-21(17)2/h3-7,11-12,16H,1,8-10,13-15H2,2H3. The van der Waals surface area contributed by atoms with Crippen molar-refractivity contribution >= 4 is 23.2 Å². The van der Waals surface area contributed by atoms with Crippen molar-refractivity contribution in [1.29, 1.82) is 0 Å². The Morgan fingerprint density at radius 3 is 2.69 bits per heavy atom. The Hall–Kier alpha value is -2.34. The lowest BCUT2D eigenvalue weighted by molar-refractivity contribution is -0.140. The summed E-state index contributed by atoms with van der Waals surface area (Å²) < 4.78 is 2.03. The van der Waals surface area contributed by atoms with Crippen LogP contribution in [0.3, 0.4) is 0 Å². The van der Waals surface area contributed by atoms with Crippen molar-refractivity contribution < 1.29 is 9.59 Å². The zero-order chi connectivity index (χ0) is 18.5. The summed E-state index contributed by atoms with van der Waals surface area (Å²) in [6.07, 6.45) is 6.08. The predicted molar refractivity (Wildman–Crippen MR) is 104 cm³/mol. The molecule has 26 heavy (non-hydrogen) atoms. The number of aromatic nitrogens is 1. The van der Waals surface area contributed by atoms with E-state index in [1.54, 1.807) is 22.3 Å². The van der Waals surface area contributed by atoms with Crippen molar-refractivity contribution in [2.45, 2.75) is 31.8 Å². The van der Waals surface area contributed by atoms with Gasteiger partial charge in [0.15, 0.2) is 0 Å². The molecule has 1 aliphatic carbocycles. The van der Waals surface area contributed by atoms with Gasteiger partial charge in [0.25, 0.3) is 0 Å². The highest BCUT2D eigenvalue weighted by Crippen LogP contribution is 2.28. The monoisotopic (exact) mass is 371 g/mol. The third kappa shape index (κ3) is 4.64. The topological polar surface area (TPSA) is 45.6 Å². The fraction of sp³-hybridized carbons (Fsp3) is 0.400. The number of carbonyl (C=O) groups is 2. The van der Waals surface area contributed by atoms with E-state index in [0.717, 1.165) is 23.4 Å². The summed E-state index contributed by atoms with van der Waals surface area (Å²) in [5, 5.41) is 1.96. The molecule has 0 aliphatic heterocycles. The largest absolute Gasteiger partial charge is 0.353 e. The minimum atomic E-state index is -0.0321. The Labute approximate surface area is 158 Å². The first kappa shape index (κ1) is 18.5. The molecular formula is C20H25N3O2S. The van der Waals surface area contributed by atoms with Gasteiger partial charge in [0, 0.05) is 36.4 Å². The maximum Gasteiger partial charge on any atom is 0.242 e. The summed E-state index contributed by atoms with van der Waals surface area (Å²) in [7, 11) is 1.99. The maximum absolute atomic E-state index is 12.9. The van der Waals surface area contributed by atoms with Gasteiger partial charge in [-0.3, -0.25) is 9.59 Å². The van der Waals surface area contributed by atoms with Crippen molar-refractivity contribution in [1.82, 2.24) is 14.4 Å². The number of hydrogen-bond acceptors (Lipinski definition) is 3. The molecule has 2 aromatic rings. The molecule has 0 atom stereocenters. The van der Waals surface area contributed by atoms with E-state index in [4.69, 9.17) is 0 Å². The molecule has 3 rings (SSSR count). The van der Waals surface area contributed by atoms with E-state index in [-0.39, 0.29) is 18.4 Å². The number of thiophene rings is 1. The Kier molecular flexibility index (Phi) is 5.93. The van der Waals surface area contributed by atoms with Crippen LogP contribution < -0.4 is 0 Å². The summed E-state index contributed by atoms with van der Waals surface area (Å²) >= 11 is 1.56. The highest BCUT2D eigenvalue weighted by molar-refractivity contribution is 7.10. The Balaban J connectivity index is 1.66. The normalized spacial score (nSPS) is 13.4. The minimum absolute atomic E-state index is 0.00933.